The first-order valence-electron chi connectivity index (χ1n) is 6.75. The zero-order valence-corrected chi connectivity index (χ0v) is 10.0. The average molecular weight is 209 g/mol. The zero-order valence-electron chi connectivity index (χ0n) is 10.0. The fourth-order valence-corrected chi connectivity index (χ4v) is 3.06. The van der Waals surface area contributed by atoms with Crippen molar-refractivity contribution in [1.82, 2.24) is 10.6 Å². The molecule has 2 nitrogen and oxygen atoms in total. The average Bonchev–Trinajstić information content (AvgIpc) is 2.31. The Balaban J connectivity index is 1.72. The molecule has 2 fully saturated rings. The van der Waals surface area contributed by atoms with Gasteiger partial charge in [-0.05, 0) is 38.5 Å². The third-order valence-corrected chi connectivity index (χ3v) is 4.13. The first-order valence-corrected chi connectivity index (χ1v) is 6.75. The summed E-state index contributed by atoms with van der Waals surface area (Å²) in [6.45, 7) is 4.55. The van der Waals surface area contributed by atoms with Crippen molar-refractivity contribution in [2.75, 3.05) is 13.1 Å². The number of nitrogens with zero attached hydrogens (tertiary/aromatic N) is 1. The summed E-state index contributed by atoms with van der Waals surface area (Å²) >= 11 is 0. The van der Waals surface area contributed by atoms with Gasteiger partial charge in [-0.15, -0.1) is 0 Å². The lowest BCUT2D eigenvalue weighted by atomic mass is 9.84. The molecule has 1 N–H and O–H groups in total. The number of rotatable bonds is 3. The van der Waals surface area contributed by atoms with E-state index in [0.717, 1.165) is 31.1 Å². The van der Waals surface area contributed by atoms with Gasteiger partial charge in [-0.1, -0.05) is 19.3 Å². The predicted molar refractivity (Wildman–Crippen MR) is 64.1 cm³/mol. The van der Waals surface area contributed by atoms with Crippen LogP contribution in [-0.2, 0) is 0 Å². The van der Waals surface area contributed by atoms with Gasteiger partial charge in [-0.25, -0.2) is 5.32 Å². The Labute approximate surface area is 94.2 Å². The van der Waals surface area contributed by atoms with Gasteiger partial charge in [0.2, 0.25) is 0 Å². The molecule has 0 aromatic carbocycles. The van der Waals surface area contributed by atoms with Gasteiger partial charge in [-0.3, -0.25) is 0 Å². The van der Waals surface area contributed by atoms with E-state index in [-0.39, 0.29) is 0 Å². The van der Waals surface area contributed by atoms with Crippen LogP contribution in [0, 0.1) is 5.92 Å². The molecule has 0 amide bonds. The topological polar surface area (TPSA) is 26.1 Å². The molecule has 0 aromatic rings. The van der Waals surface area contributed by atoms with Gasteiger partial charge in [0.1, 0.15) is 0 Å². The molecule has 1 aliphatic carbocycles. The van der Waals surface area contributed by atoms with Crippen molar-refractivity contribution in [3.63, 3.8) is 0 Å². The summed E-state index contributed by atoms with van der Waals surface area (Å²) in [6, 6.07) is 1.48. The molecule has 1 unspecified atom stereocenters. The minimum atomic E-state index is 0.730. The Kier molecular flexibility index (Phi) is 4.45. The van der Waals surface area contributed by atoms with Gasteiger partial charge >= 0.3 is 0 Å². The van der Waals surface area contributed by atoms with Crippen molar-refractivity contribution in [3.8, 4) is 0 Å². The lowest BCUT2D eigenvalue weighted by Crippen LogP contribution is -2.45. The van der Waals surface area contributed by atoms with E-state index in [1.807, 2.05) is 0 Å². The predicted octanol–water partition coefficient (Wildman–Crippen LogP) is 2.31. The van der Waals surface area contributed by atoms with Gasteiger partial charge < -0.3 is 5.32 Å². The Bertz CT molecular complexity index is 169. The van der Waals surface area contributed by atoms with Crippen LogP contribution >= 0.6 is 0 Å². The minimum Gasteiger partial charge on any atom is -0.311 e. The molecule has 2 rings (SSSR count). The summed E-state index contributed by atoms with van der Waals surface area (Å²) in [5.41, 5.74) is 0. The van der Waals surface area contributed by atoms with Gasteiger partial charge in [0, 0.05) is 25.2 Å². The molecule has 1 saturated heterocycles. The summed E-state index contributed by atoms with van der Waals surface area (Å²) in [5.74, 6) is 0.942. The van der Waals surface area contributed by atoms with E-state index in [0.29, 0.717) is 0 Å². The molecular formula is C13H25N2. The number of nitrogens with one attached hydrogen (secondary N) is 1. The van der Waals surface area contributed by atoms with Crippen molar-refractivity contribution >= 4 is 0 Å². The van der Waals surface area contributed by atoms with Gasteiger partial charge in [0.25, 0.3) is 0 Å². The van der Waals surface area contributed by atoms with Crippen LogP contribution in [0.5, 0.6) is 0 Å². The molecule has 1 radical (unpaired) electrons. The van der Waals surface area contributed by atoms with E-state index < -0.39 is 0 Å². The Morgan fingerprint density at radius 1 is 1.00 bits per heavy atom. The minimum absolute atomic E-state index is 0.730. The van der Waals surface area contributed by atoms with Crippen LogP contribution in [0.25, 0.3) is 0 Å². The van der Waals surface area contributed by atoms with Crippen LogP contribution in [0.2, 0.25) is 0 Å². The normalized spacial score (nSPS) is 27.8. The van der Waals surface area contributed by atoms with E-state index in [2.05, 4.69) is 17.6 Å². The Morgan fingerprint density at radius 3 is 2.33 bits per heavy atom. The molecule has 1 saturated carbocycles. The molecule has 87 valence electrons. The molecule has 0 bridgehead atoms. The van der Waals surface area contributed by atoms with Crippen molar-refractivity contribution < 1.29 is 0 Å². The number of hydrogen-bond donors (Lipinski definition) is 1. The van der Waals surface area contributed by atoms with E-state index in [4.69, 9.17) is 0 Å². The maximum absolute atomic E-state index is 4.41. The lowest BCUT2D eigenvalue weighted by molar-refractivity contribution is 0.246. The monoisotopic (exact) mass is 209 g/mol. The number of hydrogen-bond acceptors (Lipinski definition) is 1. The SMILES string of the molecule is CC(NC1CC[N]CC1)C1CCCCC1. The first-order chi connectivity index (χ1) is 7.36. The molecule has 1 heterocycles. The van der Waals surface area contributed by atoms with E-state index >= 15 is 0 Å². The molecular weight excluding hydrogens is 184 g/mol. The second-order valence-electron chi connectivity index (χ2n) is 5.30. The highest BCUT2D eigenvalue weighted by Gasteiger charge is 2.23. The van der Waals surface area contributed by atoms with Crippen LogP contribution in [0.1, 0.15) is 51.9 Å². The maximum atomic E-state index is 4.41. The van der Waals surface area contributed by atoms with Crippen LogP contribution in [0.15, 0.2) is 0 Å². The van der Waals surface area contributed by atoms with E-state index in [1.54, 1.807) is 0 Å². The van der Waals surface area contributed by atoms with Gasteiger partial charge in [0.05, 0.1) is 0 Å². The first kappa shape index (κ1) is 11.4. The third-order valence-electron chi connectivity index (χ3n) is 4.13. The van der Waals surface area contributed by atoms with Crippen molar-refractivity contribution in [3.05, 3.63) is 0 Å². The second kappa shape index (κ2) is 5.86. The largest absolute Gasteiger partial charge is 0.311 e. The lowest BCUT2D eigenvalue weighted by Gasteiger charge is -2.33. The fraction of sp³-hybridized carbons (Fsp3) is 1.00. The molecule has 0 aromatic heterocycles. The van der Waals surface area contributed by atoms with Crippen molar-refractivity contribution in [2.24, 2.45) is 5.92 Å². The van der Waals surface area contributed by atoms with Crippen molar-refractivity contribution in [1.29, 1.82) is 0 Å². The van der Waals surface area contributed by atoms with Crippen LogP contribution in [-0.4, -0.2) is 25.2 Å². The third kappa shape index (κ3) is 3.46. The van der Waals surface area contributed by atoms with Crippen LogP contribution in [0.3, 0.4) is 0 Å². The highest BCUT2D eigenvalue weighted by molar-refractivity contribution is 4.81. The summed E-state index contributed by atoms with van der Waals surface area (Å²) in [6.07, 6.45) is 9.80. The highest BCUT2D eigenvalue weighted by Crippen LogP contribution is 2.26. The molecule has 1 aliphatic heterocycles. The quantitative estimate of drug-likeness (QED) is 0.758. The van der Waals surface area contributed by atoms with Crippen LogP contribution < -0.4 is 10.6 Å². The second-order valence-corrected chi connectivity index (χ2v) is 5.30. The smallest absolute Gasteiger partial charge is 0.0148 e. The molecule has 0 spiro atoms. The maximum Gasteiger partial charge on any atom is 0.0148 e. The molecule has 15 heavy (non-hydrogen) atoms. The summed E-state index contributed by atoms with van der Waals surface area (Å²) in [5, 5.41) is 8.24. The standard InChI is InChI=1S/C13H25N2/c1-11(12-5-3-2-4-6-12)15-13-7-9-14-10-8-13/h11-13,15H,2-10H2,1H3. The molecule has 2 heteroatoms. The summed E-state index contributed by atoms with van der Waals surface area (Å²) in [4.78, 5) is 0. The molecule has 1 atom stereocenters. The summed E-state index contributed by atoms with van der Waals surface area (Å²) in [7, 11) is 0. The Hall–Kier alpha value is -0.0800. The van der Waals surface area contributed by atoms with Gasteiger partial charge in [-0.2, -0.15) is 0 Å². The highest BCUT2D eigenvalue weighted by atomic mass is 15.0. The zero-order chi connectivity index (χ0) is 10.5. The molecule has 2 aliphatic rings. The van der Waals surface area contributed by atoms with Crippen molar-refractivity contribution in [2.45, 2.75) is 64.0 Å². The fourth-order valence-electron chi connectivity index (χ4n) is 3.06. The summed E-state index contributed by atoms with van der Waals surface area (Å²) < 4.78 is 0. The van der Waals surface area contributed by atoms with Gasteiger partial charge in [0.15, 0.2) is 0 Å². The van der Waals surface area contributed by atoms with E-state index in [9.17, 15) is 0 Å². The van der Waals surface area contributed by atoms with E-state index in [1.165, 1.54) is 44.9 Å². The number of piperidine rings is 1. The van der Waals surface area contributed by atoms with Crippen LogP contribution in [0.4, 0.5) is 0 Å². The Morgan fingerprint density at radius 2 is 1.67 bits per heavy atom.